The van der Waals surface area contributed by atoms with Crippen molar-refractivity contribution in [1.29, 1.82) is 0 Å². The number of anilines is 1. The van der Waals surface area contributed by atoms with Crippen LogP contribution in [0.5, 0.6) is 0 Å². The Morgan fingerprint density at radius 1 is 1.00 bits per heavy atom. The van der Waals surface area contributed by atoms with Crippen LogP contribution in [0.1, 0.15) is 32.1 Å². The maximum absolute atomic E-state index is 5.55. The summed E-state index contributed by atoms with van der Waals surface area (Å²) < 4.78 is 5.55. The summed E-state index contributed by atoms with van der Waals surface area (Å²) in [6.07, 6.45) is 10.2. The summed E-state index contributed by atoms with van der Waals surface area (Å²) in [5.41, 5.74) is 0.571. The van der Waals surface area contributed by atoms with Crippen molar-refractivity contribution in [3.05, 3.63) is 18.5 Å². The minimum Gasteiger partial charge on any atom is -0.380 e. The fraction of sp³-hybridized carbons (Fsp3) is 0.765. The molecule has 3 saturated heterocycles. The molecule has 4 rings (SSSR count). The largest absolute Gasteiger partial charge is 0.380 e. The van der Waals surface area contributed by atoms with Crippen LogP contribution in [0.25, 0.3) is 0 Å². The number of hydrogen-bond donors (Lipinski definition) is 0. The Morgan fingerprint density at radius 3 is 2.32 bits per heavy atom. The minimum absolute atomic E-state index is 0.571. The number of likely N-dealkylation sites (tertiary alicyclic amines) is 1. The molecule has 3 aliphatic heterocycles. The van der Waals surface area contributed by atoms with Gasteiger partial charge in [0.05, 0.1) is 6.61 Å². The summed E-state index contributed by atoms with van der Waals surface area (Å²) >= 11 is 0. The highest BCUT2D eigenvalue weighted by Gasteiger charge is 2.39. The average molecular weight is 302 g/mol. The van der Waals surface area contributed by atoms with Gasteiger partial charge in [-0.2, -0.15) is 0 Å². The van der Waals surface area contributed by atoms with Gasteiger partial charge in [0.2, 0.25) is 5.95 Å². The van der Waals surface area contributed by atoms with Gasteiger partial charge in [0.25, 0.3) is 0 Å². The van der Waals surface area contributed by atoms with Crippen molar-refractivity contribution in [1.82, 2.24) is 14.9 Å². The van der Waals surface area contributed by atoms with Gasteiger partial charge in [-0.25, -0.2) is 9.97 Å². The molecule has 0 aliphatic carbocycles. The van der Waals surface area contributed by atoms with Crippen molar-refractivity contribution in [2.75, 3.05) is 44.3 Å². The Hall–Kier alpha value is -1.20. The second-order valence-electron chi connectivity index (χ2n) is 7.09. The molecular weight excluding hydrogens is 276 g/mol. The lowest BCUT2D eigenvalue weighted by Crippen LogP contribution is -2.49. The van der Waals surface area contributed by atoms with Crippen LogP contribution < -0.4 is 4.90 Å². The molecule has 1 unspecified atom stereocenters. The molecule has 0 aromatic carbocycles. The molecule has 1 aromatic rings. The van der Waals surface area contributed by atoms with Crippen LogP contribution >= 0.6 is 0 Å². The van der Waals surface area contributed by atoms with Gasteiger partial charge in [0, 0.05) is 38.1 Å². The van der Waals surface area contributed by atoms with Crippen LogP contribution in [0.3, 0.4) is 0 Å². The van der Waals surface area contributed by atoms with Gasteiger partial charge in [-0.3, -0.25) is 4.90 Å². The molecule has 5 nitrogen and oxygen atoms in total. The van der Waals surface area contributed by atoms with Crippen molar-refractivity contribution < 1.29 is 4.74 Å². The third kappa shape index (κ3) is 2.84. The van der Waals surface area contributed by atoms with Crippen LogP contribution in [0, 0.1) is 5.41 Å². The SMILES string of the molecule is c1cnc(N2CCC3(CC2)CCN(C2CCOC2)CC3)nc1. The minimum atomic E-state index is 0.571. The zero-order chi connectivity index (χ0) is 14.8. The molecule has 3 aliphatic rings. The third-order valence-electron chi connectivity index (χ3n) is 5.94. The van der Waals surface area contributed by atoms with Crippen molar-refractivity contribution in [3.63, 3.8) is 0 Å². The first kappa shape index (κ1) is 14.4. The number of ether oxygens (including phenoxy) is 1. The molecule has 1 aromatic heterocycles. The lowest BCUT2D eigenvalue weighted by atomic mass is 9.71. The Bertz CT molecular complexity index is 471. The van der Waals surface area contributed by atoms with Gasteiger partial charge in [0.1, 0.15) is 0 Å². The Labute approximate surface area is 132 Å². The third-order valence-corrected chi connectivity index (χ3v) is 5.94. The predicted molar refractivity (Wildman–Crippen MR) is 85.9 cm³/mol. The molecule has 3 fully saturated rings. The summed E-state index contributed by atoms with van der Waals surface area (Å²) in [4.78, 5) is 13.8. The standard InChI is InChI=1S/C17H26N4O/c1-7-18-16(19-8-1)21-11-5-17(6-12-21)3-9-20(10-4-17)15-2-13-22-14-15/h1,7-8,15H,2-6,9-14H2. The van der Waals surface area contributed by atoms with E-state index in [2.05, 4.69) is 19.8 Å². The van der Waals surface area contributed by atoms with E-state index in [0.29, 0.717) is 11.5 Å². The molecular formula is C17H26N4O. The summed E-state index contributed by atoms with van der Waals surface area (Å²) in [7, 11) is 0. The van der Waals surface area contributed by atoms with E-state index in [-0.39, 0.29) is 0 Å². The van der Waals surface area contributed by atoms with Gasteiger partial charge in [0.15, 0.2) is 0 Å². The van der Waals surface area contributed by atoms with E-state index in [1.54, 1.807) is 0 Å². The van der Waals surface area contributed by atoms with Gasteiger partial charge in [-0.05, 0) is 56.7 Å². The van der Waals surface area contributed by atoms with Crippen LogP contribution in [-0.4, -0.2) is 60.3 Å². The molecule has 0 saturated carbocycles. The van der Waals surface area contributed by atoms with Gasteiger partial charge in [-0.15, -0.1) is 0 Å². The number of hydrogen-bond acceptors (Lipinski definition) is 5. The van der Waals surface area contributed by atoms with Crippen molar-refractivity contribution >= 4 is 5.95 Å². The molecule has 0 bridgehead atoms. The molecule has 4 heterocycles. The van der Waals surface area contributed by atoms with E-state index in [4.69, 9.17) is 4.74 Å². The fourth-order valence-corrected chi connectivity index (χ4v) is 4.31. The number of nitrogens with zero attached hydrogens (tertiary/aromatic N) is 4. The fourth-order valence-electron chi connectivity index (χ4n) is 4.31. The number of rotatable bonds is 2. The summed E-state index contributed by atoms with van der Waals surface area (Å²) in [5, 5.41) is 0. The first-order chi connectivity index (χ1) is 10.8. The highest BCUT2D eigenvalue weighted by Crippen LogP contribution is 2.42. The summed E-state index contributed by atoms with van der Waals surface area (Å²) in [6.45, 7) is 6.64. The van der Waals surface area contributed by atoms with Crippen LogP contribution in [0.15, 0.2) is 18.5 Å². The molecule has 1 atom stereocenters. The van der Waals surface area contributed by atoms with Crippen LogP contribution in [-0.2, 0) is 4.74 Å². The number of piperidine rings is 2. The highest BCUT2D eigenvalue weighted by molar-refractivity contribution is 5.29. The molecule has 5 heteroatoms. The van der Waals surface area contributed by atoms with E-state index >= 15 is 0 Å². The quantitative estimate of drug-likeness (QED) is 0.835. The van der Waals surface area contributed by atoms with Gasteiger partial charge < -0.3 is 9.64 Å². The molecule has 22 heavy (non-hydrogen) atoms. The zero-order valence-corrected chi connectivity index (χ0v) is 13.3. The van der Waals surface area contributed by atoms with Crippen molar-refractivity contribution in [2.45, 2.75) is 38.1 Å². The molecule has 0 N–H and O–H groups in total. The second kappa shape index (κ2) is 6.13. The van der Waals surface area contributed by atoms with Gasteiger partial charge in [-0.1, -0.05) is 0 Å². The molecule has 0 radical (unpaired) electrons. The summed E-state index contributed by atoms with van der Waals surface area (Å²) in [6, 6.07) is 2.58. The van der Waals surface area contributed by atoms with E-state index in [1.807, 2.05) is 18.5 Å². The monoisotopic (exact) mass is 302 g/mol. The predicted octanol–water partition coefficient (Wildman–Crippen LogP) is 1.95. The van der Waals surface area contributed by atoms with E-state index in [9.17, 15) is 0 Å². The lowest BCUT2D eigenvalue weighted by Gasteiger charge is -2.47. The normalized spacial score (nSPS) is 29.1. The van der Waals surface area contributed by atoms with Crippen LogP contribution in [0.2, 0.25) is 0 Å². The first-order valence-corrected chi connectivity index (χ1v) is 8.69. The Balaban J connectivity index is 1.32. The van der Waals surface area contributed by atoms with E-state index in [0.717, 1.165) is 32.3 Å². The Morgan fingerprint density at radius 2 is 1.68 bits per heavy atom. The maximum Gasteiger partial charge on any atom is 0.225 e. The average Bonchev–Trinajstić information content (AvgIpc) is 3.12. The van der Waals surface area contributed by atoms with E-state index in [1.165, 1.54) is 45.2 Å². The molecule has 120 valence electrons. The van der Waals surface area contributed by atoms with Gasteiger partial charge >= 0.3 is 0 Å². The maximum atomic E-state index is 5.55. The van der Waals surface area contributed by atoms with Crippen molar-refractivity contribution in [3.8, 4) is 0 Å². The molecule has 1 spiro atoms. The topological polar surface area (TPSA) is 41.5 Å². The smallest absolute Gasteiger partial charge is 0.225 e. The Kier molecular flexibility index (Phi) is 4.01. The highest BCUT2D eigenvalue weighted by atomic mass is 16.5. The van der Waals surface area contributed by atoms with E-state index < -0.39 is 0 Å². The zero-order valence-electron chi connectivity index (χ0n) is 13.3. The first-order valence-electron chi connectivity index (χ1n) is 8.69. The molecule has 0 amide bonds. The van der Waals surface area contributed by atoms with Crippen molar-refractivity contribution in [2.24, 2.45) is 5.41 Å². The number of aromatic nitrogens is 2. The lowest BCUT2D eigenvalue weighted by molar-refractivity contribution is 0.0492. The van der Waals surface area contributed by atoms with Crippen LogP contribution in [0.4, 0.5) is 5.95 Å². The summed E-state index contributed by atoms with van der Waals surface area (Å²) in [5.74, 6) is 0.901. The second-order valence-corrected chi connectivity index (χ2v) is 7.09.